The van der Waals surface area contributed by atoms with E-state index in [2.05, 4.69) is 10.6 Å². The Morgan fingerprint density at radius 1 is 1.48 bits per heavy atom. The van der Waals surface area contributed by atoms with Gasteiger partial charge in [-0.1, -0.05) is 6.07 Å². The molecule has 1 unspecified atom stereocenters. The number of rotatable bonds is 5. The van der Waals surface area contributed by atoms with Gasteiger partial charge in [-0.3, -0.25) is 4.79 Å². The van der Waals surface area contributed by atoms with Crippen molar-refractivity contribution in [1.82, 2.24) is 10.6 Å². The first kappa shape index (κ1) is 15.9. The van der Waals surface area contributed by atoms with E-state index in [1.807, 2.05) is 19.9 Å². The molecule has 1 saturated heterocycles. The number of piperidine rings is 1. The lowest BCUT2D eigenvalue weighted by molar-refractivity contribution is -0.125. The summed E-state index contributed by atoms with van der Waals surface area (Å²) in [5.41, 5.74) is 1.30. The topological polar surface area (TPSA) is 50.4 Å². The van der Waals surface area contributed by atoms with Gasteiger partial charge in [-0.15, -0.1) is 0 Å². The molecule has 1 heterocycles. The van der Waals surface area contributed by atoms with Crippen molar-refractivity contribution < 1.29 is 13.9 Å². The molecule has 21 heavy (non-hydrogen) atoms. The summed E-state index contributed by atoms with van der Waals surface area (Å²) in [7, 11) is 1.55. The predicted octanol–water partition coefficient (Wildman–Crippen LogP) is 2.12. The summed E-state index contributed by atoms with van der Waals surface area (Å²) < 4.78 is 18.6. The molecule has 0 radical (unpaired) electrons. The maximum atomic E-state index is 13.6. The summed E-state index contributed by atoms with van der Waals surface area (Å²) in [6.07, 6.45) is 1.35. The lowest BCUT2D eigenvalue weighted by Crippen LogP contribution is -2.60. The van der Waals surface area contributed by atoms with Crippen molar-refractivity contribution in [3.05, 3.63) is 35.1 Å². The average Bonchev–Trinajstić information content (AvgIpc) is 2.40. The second-order valence-electron chi connectivity index (χ2n) is 6.10. The number of benzene rings is 1. The molecule has 2 N–H and O–H groups in total. The number of hydrogen-bond donors (Lipinski definition) is 2. The van der Waals surface area contributed by atoms with E-state index in [0.717, 1.165) is 12.0 Å². The number of carbonyl (C=O) groups excluding carboxylic acids is 1. The molecule has 1 amide bonds. The molecule has 1 fully saturated rings. The molecule has 0 saturated carbocycles. The van der Waals surface area contributed by atoms with Crippen LogP contribution in [0.5, 0.6) is 0 Å². The van der Waals surface area contributed by atoms with Gasteiger partial charge in [-0.2, -0.15) is 0 Å². The van der Waals surface area contributed by atoms with Crippen molar-refractivity contribution in [3.63, 3.8) is 0 Å². The number of ether oxygens (including phenoxy) is 1. The fraction of sp³-hybridized carbons (Fsp3) is 0.562. The third-order valence-corrected chi connectivity index (χ3v) is 3.96. The van der Waals surface area contributed by atoms with Gasteiger partial charge < -0.3 is 15.4 Å². The zero-order chi connectivity index (χ0) is 15.5. The number of methoxy groups -OCH3 is 1. The van der Waals surface area contributed by atoms with E-state index in [-0.39, 0.29) is 29.9 Å². The van der Waals surface area contributed by atoms with Gasteiger partial charge in [-0.25, -0.2) is 4.39 Å². The monoisotopic (exact) mass is 294 g/mol. The third-order valence-electron chi connectivity index (χ3n) is 3.96. The Hall–Kier alpha value is -1.46. The van der Waals surface area contributed by atoms with Gasteiger partial charge in [0.1, 0.15) is 5.82 Å². The van der Waals surface area contributed by atoms with Gasteiger partial charge in [0.25, 0.3) is 0 Å². The van der Waals surface area contributed by atoms with Crippen LogP contribution in [0.25, 0.3) is 0 Å². The minimum Gasteiger partial charge on any atom is -0.380 e. The van der Waals surface area contributed by atoms with Crippen molar-refractivity contribution in [3.8, 4) is 0 Å². The molecule has 1 aromatic carbocycles. The SMILES string of the molecule is COCc1cc(CNC2CCC(=O)NC2(C)C)ccc1F. The molecular formula is C16H23FN2O2. The molecule has 5 heteroatoms. The molecule has 1 atom stereocenters. The summed E-state index contributed by atoms with van der Waals surface area (Å²) in [6, 6.07) is 5.26. The normalized spacial score (nSPS) is 21.1. The van der Waals surface area contributed by atoms with Crippen LogP contribution in [-0.4, -0.2) is 24.6 Å². The van der Waals surface area contributed by atoms with Gasteiger partial charge in [-0.05, 0) is 38.0 Å². The number of carbonyl (C=O) groups is 1. The summed E-state index contributed by atoms with van der Waals surface area (Å²) in [4.78, 5) is 11.5. The lowest BCUT2D eigenvalue weighted by atomic mass is 9.86. The number of halogens is 1. The van der Waals surface area contributed by atoms with Gasteiger partial charge in [0.2, 0.25) is 5.91 Å². The minimum atomic E-state index is -0.273. The first-order valence-electron chi connectivity index (χ1n) is 7.23. The highest BCUT2D eigenvalue weighted by atomic mass is 19.1. The van der Waals surface area contributed by atoms with E-state index in [9.17, 15) is 9.18 Å². The molecule has 1 aliphatic rings. The highest BCUT2D eigenvalue weighted by molar-refractivity contribution is 5.77. The van der Waals surface area contributed by atoms with Gasteiger partial charge in [0, 0.05) is 37.2 Å². The number of hydrogen-bond acceptors (Lipinski definition) is 3. The van der Waals surface area contributed by atoms with Crippen LogP contribution in [-0.2, 0) is 22.7 Å². The maximum Gasteiger partial charge on any atom is 0.220 e. The molecule has 0 spiro atoms. The molecular weight excluding hydrogens is 271 g/mol. The molecule has 2 rings (SSSR count). The van der Waals surface area contributed by atoms with Crippen molar-refractivity contribution >= 4 is 5.91 Å². The van der Waals surface area contributed by atoms with Crippen molar-refractivity contribution in [1.29, 1.82) is 0 Å². The quantitative estimate of drug-likeness (QED) is 0.874. The van der Waals surface area contributed by atoms with Crippen LogP contribution in [0.1, 0.15) is 37.8 Å². The Kier molecular flexibility index (Phi) is 4.96. The van der Waals surface area contributed by atoms with Crippen LogP contribution < -0.4 is 10.6 Å². The zero-order valence-corrected chi connectivity index (χ0v) is 12.8. The van der Waals surface area contributed by atoms with Gasteiger partial charge in [0.15, 0.2) is 0 Å². The molecule has 4 nitrogen and oxygen atoms in total. The van der Waals surface area contributed by atoms with Gasteiger partial charge in [0.05, 0.1) is 6.61 Å². The van der Waals surface area contributed by atoms with Crippen LogP contribution in [0.4, 0.5) is 4.39 Å². The predicted molar refractivity (Wildman–Crippen MR) is 79.2 cm³/mol. The fourth-order valence-corrected chi connectivity index (χ4v) is 2.75. The number of amides is 1. The first-order chi connectivity index (χ1) is 9.92. The summed E-state index contributed by atoms with van der Waals surface area (Å²) in [6.45, 7) is 4.94. The zero-order valence-electron chi connectivity index (χ0n) is 12.8. The summed E-state index contributed by atoms with van der Waals surface area (Å²) in [5.74, 6) is -0.145. The van der Waals surface area contributed by atoms with Crippen LogP contribution in [0.3, 0.4) is 0 Å². The molecule has 0 aliphatic carbocycles. The molecule has 1 aliphatic heterocycles. The van der Waals surface area contributed by atoms with Crippen LogP contribution in [0.15, 0.2) is 18.2 Å². The minimum absolute atomic E-state index is 0.0993. The van der Waals surface area contributed by atoms with Crippen LogP contribution in [0, 0.1) is 5.82 Å². The Morgan fingerprint density at radius 3 is 2.90 bits per heavy atom. The molecule has 116 valence electrons. The highest BCUT2D eigenvalue weighted by Gasteiger charge is 2.34. The Labute approximate surface area is 125 Å². The van der Waals surface area contributed by atoms with Crippen molar-refractivity contribution in [2.75, 3.05) is 7.11 Å². The van der Waals surface area contributed by atoms with Crippen molar-refractivity contribution in [2.45, 2.75) is 51.4 Å². The Morgan fingerprint density at radius 2 is 2.24 bits per heavy atom. The van der Waals surface area contributed by atoms with E-state index in [4.69, 9.17) is 4.74 Å². The second kappa shape index (κ2) is 6.54. The third kappa shape index (κ3) is 4.02. The standard InChI is InChI=1S/C16H23FN2O2/c1-16(2)14(6-7-15(20)19-16)18-9-11-4-5-13(17)12(8-11)10-21-3/h4-5,8,14,18H,6-7,9-10H2,1-3H3,(H,19,20). The van der Waals surface area contributed by atoms with Crippen molar-refractivity contribution in [2.24, 2.45) is 0 Å². The Balaban J connectivity index is 1.99. The van der Waals surface area contributed by atoms with E-state index in [1.165, 1.54) is 6.07 Å². The lowest BCUT2D eigenvalue weighted by Gasteiger charge is -2.39. The fourth-order valence-electron chi connectivity index (χ4n) is 2.75. The number of nitrogens with one attached hydrogen (secondary N) is 2. The molecule has 0 bridgehead atoms. The summed E-state index contributed by atoms with van der Waals surface area (Å²) in [5, 5.41) is 6.46. The van der Waals surface area contributed by atoms with E-state index in [1.54, 1.807) is 13.2 Å². The average molecular weight is 294 g/mol. The maximum absolute atomic E-state index is 13.6. The Bertz CT molecular complexity index is 517. The van der Waals surface area contributed by atoms with E-state index in [0.29, 0.717) is 18.5 Å². The largest absolute Gasteiger partial charge is 0.380 e. The highest BCUT2D eigenvalue weighted by Crippen LogP contribution is 2.20. The van der Waals surface area contributed by atoms with Gasteiger partial charge >= 0.3 is 0 Å². The van der Waals surface area contributed by atoms with E-state index < -0.39 is 0 Å². The molecule has 0 aromatic heterocycles. The van der Waals surface area contributed by atoms with E-state index >= 15 is 0 Å². The van der Waals surface area contributed by atoms with Crippen LogP contribution in [0.2, 0.25) is 0 Å². The first-order valence-corrected chi connectivity index (χ1v) is 7.23. The molecule has 1 aromatic rings. The smallest absolute Gasteiger partial charge is 0.220 e. The summed E-state index contributed by atoms with van der Waals surface area (Å²) >= 11 is 0. The second-order valence-corrected chi connectivity index (χ2v) is 6.10. The van der Waals surface area contributed by atoms with Crippen LogP contribution >= 0.6 is 0 Å².